The highest BCUT2D eigenvalue weighted by Crippen LogP contribution is 2.22. The first-order chi connectivity index (χ1) is 12.9. The van der Waals surface area contributed by atoms with Gasteiger partial charge in [0.2, 0.25) is 0 Å². The standard InChI is InChI=1S/C22H44O5/c1-19(2)13-11-9-7-5-6-8-10-12-14-24-15-20(23)16-25-17-21-18-26-22(3,4)27-21/h19-21,23H,5-18H2,1-4H3. The first kappa shape index (κ1) is 24.8. The Kier molecular flexibility index (Phi) is 13.6. The van der Waals surface area contributed by atoms with Gasteiger partial charge < -0.3 is 24.1 Å². The van der Waals surface area contributed by atoms with Crippen LogP contribution in [-0.4, -0.2) is 56.1 Å². The van der Waals surface area contributed by atoms with Crippen LogP contribution in [0.15, 0.2) is 0 Å². The smallest absolute Gasteiger partial charge is 0.163 e. The predicted molar refractivity (Wildman–Crippen MR) is 109 cm³/mol. The summed E-state index contributed by atoms with van der Waals surface area (Å²) in [4.78, 5) is 0. The molecule has 2 atom stereocenters. The maximum absolute atomic E-state index is 9.88. The van der Waals surface area contributed by atoms with Gasteiger partial charge in [0.15, 0.2) is 5.79 Å². The molecule has 1 aliphatic heterocycles. The van der Waals surface area contributed by atoms with Gasteiger partial charge in [-0.3, -0.25) is 0 Å². The first-order valence-electron chi connectivity index (χ1n) is 11.0. The van der Waals surface area contributed by atoms with Crippen LogP contribution in [0.5, 0.6) is 0 Å². The molecule has 2 unspecified atom stereocenters. The molecule has 0 spiro atoms. The van der Waals surface area contributed by atoms with E-state index < -0.39 is 11.9 Å². The van der Waals surface area contributed by atoms with Crippen molar-refractivity contribution in [2.75, 3.05) is 33.0 Å². The molecule has 5 nitrogen and oxygen atoms in total. The van der Waals surface area contributed by atoms with E-state index in [0.717, 1.165) is 18.9 Å². The Labute approximate surface area is 167 Å². The molecule has 0 aromatic carbocycles. The lowest BCUT2D eigenvalue weighted by Gasteiger charge is -2.17. The van der Waals surface area contributed by atoms with Crippen LogP contribution in [0, 0.1) is 5.92 Å². The molecule has 1 fully saturated rings. The van der Waals surface area contributed by atoms with Crippen molar-refractivity contribution in [2.24, 2.45) is 5.92 Å². The van der Waals surface area contributed by atoms with E-state index in [0.29, 0.717) is 19.8 Å². The predicted octanol–water partition coefficient (Wildman–Crippen LogP) is 4.70. The topological polar surface area (TPSA) is 57.2 Å². The van der Waals surface area contributed by atoms with E-state index in [1.807, 2.05) is 13.8 Å². The maximum Gasteiger partial charge on any atom is 0.163 e. The monoisotopic (exact) mass is 388 g/mol. The zero-order valence-corrected chi connectivity index (χ0v) is 18.2. The number of aliphatic hydroxyl groups excluding tert-OH is 1. The second-order valence-electron chi connectivity index (χ2n) is 8.73. The Hall–Kier alpha value is -0.200. The molecule has 5 heteroatoms. The highest BCUT2D eigenvalue weighted by Gasteiger charge is 2.32. The quantitative estimate of drug-likeness (QED) is 0.366. The van der Waals surface area contributed by atoms with Crippen LogP contribution in [0.1, 0.15) is 85.5 Å². The van der Waals surface area contributed by atoms with Crippen molar-refractivity contribution in [3.63, 3.8) is 0 Å². The Balaban J connectivity index is 1.79. The van der Waals surface area contributed by atoms with Gasteiger partial charge in [0, 0.05) is 6.61 Å². The summed E-state index contributed by atoms with van der Waals surface area (Å²) in [5, 5.41) is 9.88. The molecular weight excluding hydrogens is 344 g/mol. The fraction of sp³-hybridized carbons (Fsp3) is 1.00. The van der Waals surface area contributed by atoms with E-state index >= 15 is 0 Å². The largest absolute Gasteiger partial charge is 0.388 e. The molecule has 0 amide bonds. The van der Waals surface area contributed by atoms with Crippen molar-refractivity contribution in [2.45, 2.75) is 103 Å². The third-order valence-corrected chi connectivity index (χ3v) is 4.81. The SMILES string of the molecule is CC(C)CCCCCCCCCCOCC(O)COCC1COC(C)(C)O1. The van der Waals surface area contributed by atoms with Crippen molar-refractivity contribution >= 4 is 0 Å². The Morgan fingerprint density at radius 1 is 0.926 bits per heavy atom. The lowest BCUT2D eigenvalue weighted by atomic mass is 10.0. The summed E-state index contributed by atoms with van der Waals surface area (Å²) in [7, 11) is 0. The fourth-order valence-corrected chi connectivity index (χ4v) is 3.27. The van der Waals surface area contributed by atoms with E-state index in [4.69, 9.17) is 18.9 Å². The maximum atomic E-state index is 9.88. The van der Waals surface area contributed by atoms with Crippen LogP contribution >= 0.6 is 0 Å². The average molecular weight is 389 g/mol. The van der Waals surface area contributed by atoms with Crippen molar-refractivity contribution in [3.05, 3.63) is 0 Å². The molecule has 0 aromatic rings. The fourth-order valence-electron chi connectivity index (χ4n) is 3.27. The third-order valence-electron chi connectivity index (χ3n) is 4.81. The van der Waals surface area contributed by atoms with Crippen molar-refractivity contribution < 1.29 is 24.1 Å². The molecule has 162 valence electrons. The van der Waals surface area contributed by atoms with E-state index in [1.54, 1.807) is 0 Å². The van der Waals surface area contributed by atoms with Crippen LogP contribution in [0.4, 0.5) is 0 Å². The zero-order valence-electron chi connectivity index (χ0n) is 18.2. The van der Waals surface area contributed by atoms with Gasteiger partial charge in [0.25, 0.3) is 0 Å². The highest BCUT2D eigenvalue weighted by atomic mass is 16.7. The molecule has 0 bridgehead atoms. The summed E-state index contributed by atoms with van der Waals surface area (Å²) < 4.78 is 22.2. The van der Waals surface area contributed by atoms with Gasteiger partial charge in [-0.25, -0.2) is 0 Å². The number of ether oxygens (including phenoxy) is 4. The second kappa shape index (κ2) is 14.7. The molecule has 1 rings (SSSR count). The number of hydrogen-bond acceptors (Lipinski definition) is 5. The Bertz CT molecular complexity index is 346. The lowest BCUT2D eigenvalue weighted by molar-refractivity contribution is -0.146. The minimum atomic E-state index is -0.578. The summed E-state index contributed by atoms with van der Waals surface area (Å²) in [6.07, 6.45) is 11.2. The molecule has 1 saturated heterocycles. The summed E-state index contributed by atoms with van der Waals surface area (Å²) in [6.45, 7) is 10.7. The average Bonchev–Trinajstić information content (AvgIpc) is 2.94. The minimum Gasteiger partial charge on any atom is -0.388 e. The Morgan fingerprint density at radius 3 is 2.11 bits per heavy atom. The molecule has 0 saturated carbocycles. The van der Waals surface area contributed by atoms with Gasteiger partial charge in [-0.2, -0.15) is 0 Å². The number of unbranched alkanes of at least 4 members (excludes halogenated alkanes) is 7. The van der Waals surface area contributed by atoms with Gasteiger partial charge in [-0.05, 0) is 26.2 Å². The van der Waals surface area contributed by atoms with E-state index in [2.05, 4.69) is 13.8 Å². The molecule has 27 heavy (non-hydrogen) atoms. The van der Waals surface area contributed by atoms with Gasteiger partial charge in [-0.1, -0.05) is 65.2 Å². The van der Waals surface area contributed by atoms with Crippen LogP contribution < -0.4 is 0 Å². The third kappa shape index (κ3) is 14.5. The molecule has 0 radical (unpaired) electrons. The second-order valence-corrected chi connectivity index (χ2v) is 8.73. The minimum absolute atomic E-state index is 0.0525. The van der Waals surface area contributed by atoms with Gasteiger partial charge in [0.05, 0.1) is 26.4 Å². The van der Waals surface area contributed by atoms with E-state index in [1.165, 1.54) is 51.4 Å². The van der Waals surface area contributed by atoms with E-state index in [9.17, 15) is 5.11 Å². The Morgan fingerprint density at radius 2 is 1.52 bits per heavy atom. The normalized spacial score (nSPS) is 20.4. The van der Waals surface area contributed by atoms with Gasteiger partial charge >= 0.3 is 0 Å². The summed E-state index contributed by atoms with van der Waals surface area (Å²) >= 11 is 0. The van der Waals surface area contributed by atoms with Crippen molar-refractivity contribution in [1.29, 1.82) is 0 Å². The van der Waals surface area contributed by atoms with Crippen LogP contribution in [0.25, 0.3) is 0 Å². The number of hydrogen-bond donors (Lipinski definition) is 1. The van der Waals surface area contributed by atoms with Gasteiger partial charge in [-0.15, -0.1) is 0 Å². The zero-order chi connectivity index (χ0) is 20.0. The van der Waals surface area contributed by atoms with E-state index in [-0.39, 0.29) is 12.7 Å². The summed E-state index contributed by atoms with van der Waals surface area (Å²) in [5.41, 5.74) is 0. The summed E-state index contributed by atoms with van der Waals surface area (Å²) in [6, 6.07) is 0. The van der Waals surface area contributed by atoms with Crippen molar-refractivity contribution in [3.8, 4) is 0 Å². The molecule has 1 N–H and O–H groups in total. The number of rotatable bonds is 17. The molecule has 1 heterocycles. The lowest BCUT2D eigenvalue weighted by Crippen LogP contribution is -2.27. The molecular formula is C22H44O5. The van der Waals surface area contributed by atoms with Crippen LogP contribution in [0.2, 0.25) is 0 Å². The van der Waals surface area contributed by atoms with Crippen LogP contribution in [0.3, 0.4) is 0 Å². The molecule has 0 aliphatic carbocycles. The molecule has 0 aromatic heterocycles. The van der Waals surface area contributed by atoms with Gasteiger partial charge in [0.1, 0.15) is 12.2 Å². The highest BCUT2D eigenvalue weighted by molar-refractivity contribution is 4.70. The first-order valence-corrected chi connectivity index (χ1v) is 11.0. The summed E-state index contributed by atoms with van der Waals surface area (Å²) in [5.74, 6) is 0.321. The van der Waals surface area contributed by atoms with Crippen LogP contribution in [-0.2, 0) is 18.9 Å². The van der Waals surface area contributed by atoms with Crippen molar-refractivity contribution in [1.82, 2.24) is 0 Å². The number of aliphatic hydroxyl groups is 1. The molecule has 1 aliphatic rings.